The molecule has 4 heteroatoms. The van der Waals surface area contributed by atoms with Crippen molar-refractivity contribution >= 4 is 17.7 Å². The van der Waals surface area contributed by atoms with Gasteiger partial charge in [0, 0.05) is 18.4 Å². The summed E-state index contributed by atoms with van der Waals surface area (Å²) in [6, 6.07) is 17.5. The topological polar surface area (TPSA) is 38.8 Å². The number of carbonyl (C=O) groups excluding carboxylic acids is 1. The number of hydrogen-bond donors (Lipinski definition) is 0. The number of nitrogens with zero attached hydrogens (tertiary/aromatic N) is 1. The third kappa shape index (κ3) is 4.96. The summed E-state index contributed by atoms with van der Waals surface area (Å²) in [6.45, 7) is 3.96. The lowest BCUT2D eigenvalue weighted by Crippen LogP contribution is -2.36. The number of carbonyl (C=O) groups is 1. The Hall–Kier alpha value is -2.59. The SMILES string of the molecule is CCOc1ccc(/C=C/C(=O)N(CC2CCCO2)c2ccccc2)cc1. The smallest absolute Gasteiger partial charge is 0.251 e. The van der Waals surface area contributed by atoms with E-state index < -0.39 is 0 Å². The molecular weight excluding hydrogens is 326 g/mol. The summed E-state index contributed by atoms with van der Waals surface area (Å²) >= 11 is 0. The van der Waals surface area contributed by atoms with Gasteiger partial charge in [-0.05, 0) is 55.7 Å². The molecule has 0 radical (unpaired) electrons. The first-order valence-electron chi connectivity index (χ1n) is 9.15. The molecule has 1 amide bonds. The fraction of sp³-hybridized carbons (Fsp3) is 0.318. The van der Waals surface area contributed by atoms with E-state index in [1.165, 1.54) is 0 Å². The van der Waals surface area contributed by atoms with Crippen LogP contribution in [0.3, 0.4) is 0 Å². The normalized spacial score (nSPS) is 16.7. The fourth-order valence-corrected chi connectivity index (χ4v) is 3.02. The quantitative estimate of drug-likeness (QED) is 0.698. The minimum atomic E-state index is -0.0411. The van der Waals surface area contributed by atoms with Crippen LogP contribution in [0.15, 0.2) is 60.7 Å². The van der Waals surface area contributed by atoms with Gasteiger partial charge < -0.3 is 14.4 Å². The van der Waals surface area contributed by atoms with Crippen molar-refractivity contribution in [2.45, 2.75) is 25.9 Å². The fourth-order valence-electron chi connectivity index (χ4n) is 3.02. The van der Waals surface area contributed by atoms with Crippen LogP contribution in [0.5, 0.6) is 5.75 Å². The molecule has 0 spiro atoms. The number of ether oxygens (including phenoxy) is 2. The maximum absolute atomic E-state index is 12.8. The first-order valence-corrected chi connectivity index (χ1v) is 9.15. The highest BCUT2D eigenvalue weighted by molar-refractivity contribution is 6.03. The largest absolute Gasteiger partial charge is 0.494 e. The van der Waals surface area contributed by atoms with E-state index in [2.05, 4.69) is 0 Å². The third-order valence-corrected chi connectivity index (χ3v) is 4.35. The van der Waals surface area contributed by atoms with Gasteiger partial charge in [-0.2, -0.15) is 0 Å². The van der Waals surface area contributed by atoms with E-state index in [1.807, 2.05) is 67.6 Å². The molecule has 1 aliphatic heterocycles. The molecule has 4 nitrogen and oxygen atoms in total. The Labute approximate surface area is 155 Å². The highest BCUT2D eigenvalue weighted by Crippen LogP contribution is 2.20. The number of rotatable bonds is 7. The molecule has 1 fully saturated rings. The van der Waals surface area contributed by atoms with Crippen LogP contribution in [0.2, 0.25) is 0 Å². The second-order valence-electron chi connectivity index (χ2n) is 6.25. The van der Waals surface area contributed by atoms with E-state index in [-0.39, 0.29) is 12.0 Å². The number of benzene rings is 2. The molecule has 1 atom stereocenters. The molecular formula is C22H25NO3. The van der Waals surface area contributed by atoms with Gasteiger partial charge in [0.05, 0.1) is 19.3 Å². The summed E-state index contributed by atoms with van der Waals surface area (Å²) in [5.41, 5.74) is 1.86. The summed E-state index contributed by atoms with van der Waals surface area (Å²) in [7, 11) is 0. The number of hydrogen-bond acceptors (Lipinski definition) is 3. The molecule has 1 unspecified atom stereocenters. The molecule has 0 saturated carbocycles. The highest BCUT2D eigenvalue weighted by atomic mass is 16.5. The van der Waals surface area contributed by atoms with E-state index in [4.69, 9.17) is 9.47 Å². The average molecular weight is 351 g/mol. The molecule has 0 N–H and O–H groups in total. The Morgan fingerprint density at radius 3 is 2.62 bits per heavy atom. The lowest BCUT2D eigenvalue weighted by Gasteiger charge is -2.24. The maximum atomic E-state index is 12.8. The molecule has 26 heavy (non-hydrogen) atoms. The van der Waals surface area contributed by atoms with Gasteiger partial charge in [0.1, 0.15) is 5.75 Å². The first kappa shape index (κ1) is 18.2. The predicted octanol–water partition coefficient (Wildman–Crippen LogP) is 4.31. The van der Waals surface area contributed by atoms with Crippen LogP contribution < -0.4 is 9.64 Å². The van der Waals surface area contributed by atoms with E-state index in [0.29, 0.717) is 13.2 Å². The lowest BCUT2D eigenvalue weighted by molar-refractivity contribution is -0.114. The van der Waals surface area contributed by atoms with Crippen LogP contribution in [0.1, 0.15) is 25.3 Å². The van der Waals surface area contributed by atoms with Gasteiger partial charge in [0.15, 0.2) is 0 Å². The summed E-state index contributed by atoms with van der Waals surface area (Å²) in [5.74, 6) is 0.792. The summed E-state index contributed by atoms with van der Waals surface area (Å²) in [4.78, 5) is 14.6. The van der Waals surface area contributed by atoms with Crippen LogP contribution in [-0.2, 0) is 9.53 Å². The van der Waals surface area contributed by atoms with Crippen molar-refractivity contribution in [2.75, 3.05) is 24.7 Å². The number of para-hydroxylation sites is 1. The van der Waals surface area contributed by atoms with Gasteiger partial charge in [-0.25, -0.2) is 0 Å². The van der Waals surface area contributed by atoms with Gasteiger partial charge in [-0.15, -0.1) is 0 Å². The maximum Gasteiger partial charge on any atom is 0.251 e. The Morgan fingerprint density at radius 2 is 1.96 bits per heavy atom. The monoisotopic (exact) mass is 351 g/mol. The molecule has 0 aromatic heterocycles. The van der Waals surface area contributed by atoms with Crippen molar-refractivity contribution in [3.05, 3.63) is 66.2 Å². The minimum Gasteiger partial charge on any atom is -0.494 e. The van der Waals surface area contributed by atoms with E-state index in [0.717, 1.165) is 36.4 Å². The minimum absolute atomic E-state index is 0.0411. The Morgan fingerprint density at radius 1 is 1.19 bits per heavy atom. The van der Waals surface area contributed by atoms with Crippen LogP contribution in [-0.4, -0.2) is 31.8 Å². The zero-order chi connectivity index (χ0) is 18.2. The van der Waals surface area contributed by atoms with Crippen LogP contribution >= 0.6 is 0 Å². The Kier molecular flexibility index (Phi) is 6.45. The molecule has 0 bridgehead atoms. The molecule has 136 valence electrons. The molecule has 0 aliphatic carbocycles. The second kappa shape index (κ2) is 9.20. The summed E-state index contributed by atoms with van der Waals surface area (Å²) in [5, 5.41) is 0. The number of anilines is 1. The van der Waals surface area contributed by atoms with Gasteiger partial charge >= 0.3 is 0 Å². The summed E-state index contributed by atoms with van der Waals surface area (Å²) < 4.78 is 11.2. The van der Waals surface area contributed by atoms with Crippen molar-refractivity contribution in [1.82, 2.24) is 0 Å². The van der Waals surface area contributed by atoms with Gasteiger partial charge in [0.2, 0.25) is 0 Å². The molecule has 1 heterocycles. The molecule has 2 aromatic carbocycles. The van der Waals surface area contributed by atoms with Crippen molar-refractivity contribution < 1.29 is 14.3 Å². The third-order valence-electron chi connectivity index (χ3n) is 4.35. The van der Waals surface area contributed by atoms with E-state index >= 15 is 0 Å². The van der Waals surface area contributed by atoms with Gasteiger partial charge in [-0.3, -0.25) is 4.79 Å². The lowest BCUT2D eigenvalue weighted by atomic mass is 10.1. The van der Waals surface area contributed by atoms with Crippen molar-refractivity contribution in [3.8, 4) is 5.75 Å². The van der Waals surface area contributed by atoms with Gasteiger partial charge in [-0.1, -0.05) is 30.3 Å². The van der Waals surface area contributed by atoms with Crippen LogP contribution in [0.25, 0.3) is 6.08 Å². The standard InChI is InChI=1S/C22H25NO3/c1-2-25-20-13-10-18(11-14-20)12-15-22(24)23(17-21-9-6-16-26-21)19-7-4-3-5-8-19/h3-5,7-8,10-15,21H,2,6,9,16-17H2,1H3/b15-12+. The van der Waals surface area contributed by atoms with Crippen molar-refractivity contribution in [3.63, 3.8) is 0 Å². The summed E-state index contributed by atoms with van der Waals surface area (Å²) in [6.07, 6.45) is 5.63. The number of amides is 1. The molecule has 1 saturated heterocycles. The zero-order valence-corrected chi connectivity index (χ0v) is 15.1. The molecule has 1 aliphatic rings. The van der Waals surface area contributed by atoms with E-state index in [1.54, 1.807) is 11.0 Å². The van der Waals surface area contributed by atoms with E-state index in [9.17, 15) is 4.79 Å². The average Bonchev–Trinajstić information content (AvgIpc) is 3.19. The van der Waals surface area contributed by atoms with Crippen LogP contribution in [0.4, 0.5) is 5.69 Å². The Balaban J connectivity index is 1.71. The zero-order valence-electron chi connectivity index (χ0n) is 15.1. The molecule has 2 aromatic rings. The van der Waals surface area contributed by atoms with Crippen LogP contribution in [0, 0.1) is 0 Å². The molecule has 3 rings (SSSR count). The van der Waals surface area contributed by atoms with Gasteiger partial charge in [0.25, 0.3) is 5.91 Å². The first-order chi connectivity index (χ1) is 12.8. The highest BCUT2D eigenvalue weighted by Gasteiger charge is 2.22. The Bertz CT molecular complexity index is 719. The van der Waals surface area contributed by atoms with Crippen molar-refractivity contribution in [1.29, 1.82) is 0 Å². The second-order valence-corrected chi connectivity index (χ2v) is 6.25. The van der Waals surface area contributed by atoms with Crippen molar-refractivity contribution in [2.24, 2.45) is 0 Å². The predicted molar refractivity (Wildman–Crippen MR) is 104 cm³/mol.